The third-order valence-electron chi connectivity index (χ3n) is 5.38. The van der Waals surface area contributed by atoms with E-state index < -0.39 is 0 Å². The Hall–Kier alpha value is -4.59. The van der Waals surface area contributed by atoms with E-state index in [1.165, 1.54) is 6.07 Å². The summed E-state index contributed by atoms with van der Waals surface area (Å²) in [5, 5.41) is 14.7. The van der Waals surface area contributed by atoms with Crippen molar-refractivity contribution in [2.75, 3.05) is 5.32 Å². The monoisotopic (exact) mass is 436 g/mol. The molecular weight excluding hydrogens is 416 g/mol. The number of aryl methyl sites for hydroxylation is 2. The minimum Gasteiger partial charge on any atom is -0.322 e. The van der Waals surface area contributed by atoms with Crippen molar-refractivity contribution in [1.82, 2.24) is 25.0 Å². The Bertz CT molecular complexity index is 1530. The van der Waals surface area contributed by atoms with Crippen LogP contribution in [0.5, 0.6) is 0 Å². The van der Waals surface area contributed by atoms with Crippen molar-refractivity contribution in [3.8, 4) is 22.5 Å². The predicted molar refractivity (Wildman–Crippen MR) is 127 cm³/mol. The number of hydrogen-bond donors (Lipinski definition) is 2. The molecule has 162 valence electrons. The van der Waals surface area contributed by atoms with Gasteiger partial charge >= 0.3 is 0 Å². The van der Waals surface area contributed by atoms with Crippen LogP contribution in [0.15, 0.2) is 77.6 Å². The fourth-order valence-electron chi connectivity index (χ4n) is 3.84. The third kappa shape index (κ3) is 3.89. The van der Waals surface area contributed by atoms with E-state index in [9.17, 15) is 9.59 Å². The average molecular weight is 436 g/mol. The van der Waals surface area contributed by atoms with Gasteiger partial charge in [0, 0.05) is 29.9 Å². The lowest BCUT2D eigenvalue weighted by atomic mass is 10.0. The lowest BCUT2D eigenvalue weighted by Crippen LogP contribution is -2.13. The van der Waals surface area contributed by atoms with Gasteiger partial charge in [-0.3, -0.25) is 14.3 Å². The fourth-order valence-corrected chi connectivity index (χ4v) is 3.84. The highest BCUT2D eigenvalue weighted by atomic mass is 16.1. The van der Waals surface area contributed by atoms with Gasteiger partial charge in [-0.15, -0.1) is 0 Å². The molecule has 1 amide bonds. The van der Waals surface area contributed by atoms with Crippen LogP contribution in [0.4, 0.5) is 5.69 Å². The maximum atomic E-state index is 13.4. The molecule has 0 spiro atoms. The molecule has 0 aliphatic carbocycles. The SMILES string of the molecule is Cc1nn(C)c2nc(-c3ccccc3)cc(C(=O)Nc3cccc(-c4ccc(=O)[nH]n4)c3)c12. The van der Waals surface area contributed by atoms with Gasteiger partial charge in [0.15, 0.2) is 5.65 Å². The van der Waals surface area contributed by atoms with Crippen molar-refractivity contribution < 1.29 is 4.79 Å². The normalized spacial score (nSPS) is 11.0. The molecule has 8 heteroatoms. The summed E-state index contributed by atoms with van der Waals surface area (Å²) in [6, 6.07) is 21.9. The summed E-state index contributed by atoms with van der Waals surface area (Å²) < 4.78 is 1.69. The number of rotatable bonds is 4. The van der Waals surface area contributed by atoms with Gasteiger partial charge < -0.3 is 5.32 Å². The Morgan fingerprint density at radius 2 is 1.73 bits per heavy atom. The van der Waals surface area contributed by atoms with Crippen LogP contribution in [0.2, 0.25) is 0 Å². The second-order valence-corrected chi connectivity index (χ2v) is 7.67. The van der Waals surface area contributed by atoms with E-state index in [0.717, 1.165) is 16.8 Å². The van der Waals surface area contributed by atoms with Gasteiger partial charge in [0.2, 0.25) is 0 Å². The fraction of sp³-hybridized carbons (Fsp3) is 0.0800. The van der Waals surface area contributed by atoms with Crippen molar-refractivity contribution >= 4 is 22.6 Å². The van der Waals surface area contributed by atoms with Crippen molar-refractivity contribution in [3.05, 3.63) is 94.4 Å². The highest BCUT2D eigenvalue weighted by molar-refractivity contribution is 6.13. The molecule has 8 nitrogen and oxygen atoms in total. The standard InChI is InChI=1S/C25H20N6O2/c1-15-23-19(14-21(16-7-4-3-5-8-16)27-24(23)31(2)30-15)25(33)26-18-10-6-9-17(13-18)20-11-12-22(32)29-28-20/h3-14H,1-2H3,(H,26,33)(H,29,32). The molecule has 33 heavy (non-hydrogen) atoms. The smallest absolute Gasteiger partial charge is 0.264 e. The first-order valence-electron chi connectivity index (χ1n) is 10.4. The van der Waals surface area contributed by atoms with E-state index in [0.29, 0.717) is 33.7 Å². The number of aromatic amines is 1. The van der Waals surface area contributed by atoms with Crippen molar-refractivity contribution in [2.24, 2.45) is 7.05 Å². The highest BCUT2D eigenvalue weighted by Gasteiger charge is 2.19. The molecule has 0 saturated carbocycles. The van der Waals surface area contributed by atoms with Gasteiger partial charge in [0.25, 0.3) is 11.5 Å². The van der Waals surface area contributed by atoms with E-state index in [4.69, 9.17) is 4.98 Å². The molecule has 0 saturated heterocycles. The van der Waals surface area contributed by atoms with E-state index in [2.05, 4.69) is 20.6 Å². The van der Waals surface area contributed by atoms with Crippen molar-refractivity contribution in [3.63, 3.8) is 0 Å². The molecule has 2 aromatic carbocycles. The maximum absolute atomic E-state index is 13.4. The first-order chi connectivity index (χ1) is 16.0. The zero-order valence-corrected chi connectivity index (χ0v) is 18.0. The number of carbonyl (C=O) groups excluding carboxylic acids is 1. The van der Waals surface area contributed by atoms with Crippen LogP contribution >= 0.6 is 0 Å². The molecule has 2 N–H and O–H groups in total. The van der Waals surface area contributed by atoms with Crippen LogP contribution in [0, 0.1) is 6.92 Å². The average Bonchev–Trinajstić information content (AvgIpc) is 3.13. The van der Waals surface area contributed by atoms with Gasteiger partial charge in [-0.25, -0.2) is 10.1 Å². The van der Waals surface area contributed by atoms with Crippen LogP contribution in [0.3, 0.4) is 0 Å². The lowest BCUT2D eigenvalue weighted by Gasteiger charge is -2.10. The Morgan fingerprint density at radius 3 is 2.48 bits per heavy atom. The Kier molecular flexibility index (Phi) is 5.02. The van der Waals surface area contributed by atoms with E-state index in [1.807, 2.05) is 62.5 Å². The van der Waals surface area contributed by atoms with Gasteiger partial charge in [-0.05, 0) is 31.2 Å². The van der Waals surface area contributed by atoms with Gasteiger partial charge in [0.05, 0.1) is 28.0 Å². The topological polar surface area (TPSA) is 106 Å². The summed E-state index contributed by atoms with van der Waals surface area (Å²) in [6.07, 6.45) is 0. The van der Waals surface area contributed by atoms with Crippen molar-refractivity contribution in [1.29, 1.82) is 0 Å². The number of carbonyl (C=O) groups is 1. The summed E-state index contributed by atoms with van der Waals surface area (Å²) in [6.45, 7) is 1.87. The predicted octanol–water partition coefficient (Wildman–Crippen LogP) is 3.95. The number of anilines is 1. The van der Waals surface area contributed by atoms with Crippen LogP contribution < -0.4 is 10.9 Å². The second-order valence-electron chi connectivity index (χ2n) is 7.67. The molecule has 3 heterocycles. The highest BCUT2D eigenvalue weighted by Crippen LogP contribution is 2.28. The molecule has 0 bridgehead atoms. The second kappa shape index (κ2) is 8.16. The van der Waals surface area contributed by atoms with Crippen LogP contribution in [0.1, 0.15) is 16.1 Å². The minimum atomic E-state index is -0.272. The van der Waals surface area contributed by atoms with E-state index in [1.54, 1.807) is 22.9 Å². The first-order valence-corrected chi connectivity index (χ1v) is 10.4. The third-order valence-corrected chi connectivity index (χ3v) is 5.38. The van der Waals surface area contributed by atoms with E-state index in [-0.39, 0.29) is 11.5 Å². The number of nitrogens with one attached hydrogen (secondary N) is 2. The number of nitrogens with zero attached hydrogens (tertiary/aromatic N) is 4. The lowest BCUT2D eigenvalue weighted by molar-refractivity contribution is 0.102. The number of benzene rings is 2. The Balaban J connectivity index is 1.55. The molecule has 0 aliphatic rings. The number of aromatic nitrogens is 5. The number of hydrogen-bond acceptors (Lipinski definition) is 5. The van der Waals surface area contributed by atoms with Crippen LogP contribution in [0.25, 0.3) is 33.5 Å². The molecule has 0 unspecified atom stereocenters. The molecule has 3 aromatic heterocycles. The summed E-state index contributed by atoms with van der Waals surface area (Å²) in [5.74, 6) is -0.262. The number of amides is 1. The van der Waals surface area contributed by atoms with Crippen molar-refractivity contribution in [2.45, 2.75) is 6.92 Å². The summed E-state index contributed by atoms with van der Waals surface area (Å²) in [4.78, 5) is 29.5. The summed E-state index contributed by atoms with van der Waals surface area (Å²) in [7, 11) is 1.82. The first kappa shape index (κ1) is 20.3. The molecule has 0 aliphatic heterocycles. The molecule has 5 rings (SSSR count). The Labute approximate surface area is 188 Å². The minimum absolute atomic E-state index is 0.262. The molecule has 5 aromatic rings. The van der Waals surface area contributed by atoms with Gasteiger partial charge in [-0.2, -0.15) is 10.2 Å². The van der Waals surface area contributed by atoms with Gasteiger partial charge in [-0.1, -0.05) is 42.5 Å². The zero-order chi connectivity index (χ0) is 22.9. The number of fused-ring (bicyclic) bond motifs is 1. The molecule has 0 fully saturated rings. The summed E-state index contributed by atoms with van der Waals surface area (Å²) >= 11 is 0. The number of pyridine rings is 1. The van der Waals surface area contributed by atoms with E-state index >= 15 is 0 Å². The molecular formula is C25H20N6O2. The van der Waals surface area contributed by atoms with Crippen LogP contribution in [-0.4, -0.2) is 30.9 Å². The Morgan fingerprint density at radius 1 is 0.939 bits per heavy atom. The summed E-state index contributed by atoms with van der Waals surface area (Å²) in [5.41, 5.74) is 5.20. The largest absolute Gasteiger partial charge is 0.322 e. The van der Waals surface area contributed by atoms with Gasteiger partial charge in [0.1, 0.15) is 0 Å². The molecule has 0 radical (unpaired) electrons. The quantitative estimate of drug-likeness (QED) is 0.444. The zero-order valence-electron chi connectivity index (χ0n) is 18.0. The van der Waals surface area contributed by atoms with Crippen LogP contribution in [-0.2, 0) is 7.05 Å². The number of H-pyrrole nitrogens is 1. The maximum Gasteiger partial charge on any atom is 0.264 e. The molecule has 0 atom stereocenters.